The minimum Gasteiger partial charge on any atom is -0.387 e. The number of aromatic nitrogens is 1. The van der Waals surface area contributed by atoms with Crippen LogP contribution in [0.25, 0.3) is 11.3 Å². The Morgan fingerprint density at radius 2 is 1.69 bits per heavy atom. The average molecular weight is 548 g/mol. The molecule has 5 rings (SSSR count). The van der Waals surface area contributed by atoms with Gasteiger partial charge in [0.2, 0.25) is 5.91 Å². The average Bonchev–Trinajstić information content (AvgIpc) is 3.47. The first-order valence-corrected chi connectivity index (χ1v) is 14.6. The van der Waals surface area contributed by atoms with Gasteiger partial charge in [-0.3, -0.25) is 9.59 Å². The number of nitrogens with zero attached hydrogens (tertiary/aromatic N) is 3. The van der Waals surface area contributed by atoms with Gasteiger partial charge in [0.1, 0.15) is 5.54 Å². The Hall–Kier alpha value is -3.27. The van der Waals surface area contributed by atoms with Crippen molar-refractivity contribution in [2.24, 2.45) is 0 Å². The fourth-order valence-corrected chi connectivity index (χ4v) is 6.23. The number of carbonyl (C=O) groups excluding carboxylic acids is 2. The lowest BCUT2D eigenvalue weighted by atomic mass is 9.80. The van der Waals surface area contributed by atoms with Crippen LogP contribution in [0.15, 0.2) is 60.0 Å². The summed E-state index contributed by atoms with van der Waals surface area (Å²) in [7, 11) is 2.14. The molecule has 3 aromatic rings. The van der Waals surface area contributed by atoms with Crippen molar-refractivity contribution >= 4 is 28.3 Å². The normalized spacial score (nSPS) is 18.4. The molecule has 0 spiro atoms. The fourth-order valence-electron chi connectivity index (χ4n) is 5.34. The molecular formula is C30H37N5O3S. The van der Waals surface area contributed by atoms with Crippen molar-refractivity contribution < 1.29 is 14.7 Å². The van der Waals surface area contributed by atoms with E-state index in [0.29, 0.717) is 18.4 Å². The number of thiazole rings is 1. The first-order chi connectivity index (χ1) is 18.9. The molecule has 1 unspecified atom stereocenters. The number of hydrogen-bond donors (Lipinski definition) is 3. The Kier molecular flexibility index (Phi) is 8.60. The van der Waals surface area contributed by atoms with Crippen LogP contribution in [-0.2, 0) is 4.79 Å². The van der Waals surface area contributed by atoms with Crippen LogP contribution in [-0.4, -0.2) is 72.1 Å². The molecule has 1 atom stereocenters. The van der Waals surface area contributed by atoms with Crippen LogP contribution in [0.2, 0.25) is 0 Å². The summed E-state index contributed by atoms with van der Waals surface area (Å²) in [5.74, 6) is -0.500. The predicted octanol–water partition coefficient (Wildman–Crippen LogP) is 3.84. The van der Waals surface area contributed by atoms with Crippen LogP contribution >= 0.6 is 11.3 Å². The van der Waals surface area contributed by atoms with Gasteiger partial charge in [0.25, 0.3) is 5.91 Å². The van der Waals surface area contributed by atoms with E-state index in [2.05, 4.69) is 32.9 Å². The monoisotopic (exact) mass is 547 g/mol. The Balaban J connectivity index is 1.23. The van der Waals surface area contributed by atoms with Crippen molar-refractivity contribution in [3.8, 4) is 11.3 Å². The standard InChI is InChI=1S/C30H37N5O3S/c1-34-16-18-35(19-17-34)29-32-25(21-39-29)22-10-12-24(13-11-22)27(37)33-30(14-6-3-7-15-30)28(38)31-20-26(36)23-8-4-2-5-9-23/h2,4-5,8-13,21,26,36H,3,6-7,14-20H2,1H3,(H,31,38)(H,33,37). The summed E-state index contributed by atoms with van der Waals surface area (Å²) in [5.41, 5.74) is 2.14. The lowest BCUT2D eigenvalue weighted by Crippen LogP contribution is -2.60. The molecule has 8 nitrogen and oxygen atoms in total. The smallest absolute Gasteiger partial charge is 0.252 e. The second kappa shape index (κ2) is 12.3. The van der Waals surface area contributed by atoms with Crippen molar-refractivity contribution in [1.29, 1.82) is 0 Å². The zero-order valence-electron chi connectivity index (χ0n) is 22.4. The lowest BCUT2D eigenvalue weighted by Gasteiger charge is -2.37. The van der Waals surface area contributed by atoms with Gasteiger partial charge in [0.15, 0.2) is 5.13 Å². The van der Waals surface area contributed by atoms with Crippen LogP contribution in [0.3, 0.4) is 0 Å². The maximum absolute atomic E-state index is 13.4. The van der Waals surface area contributed by atoms with Gasteiger partial charge in [-0.15, -0.1) is 11.3 Å². The van der Waals surface area contributed by atoms with Gasteiger partial charge >= 0.3 is 0 Å². The number of anilines is 1. The zero-order valence-corrected chi connectivity index (χ0v) is 23.3. The SMILES string of the molecule is CN1CCN(c2nc(-c3ccc(C(=O)NC4(C(=O)NCC(O)c5ccccc5)CCCCC4)cc3)cs2)CC1. The van der Waals surface area contributed by atoms with E-state index in [9.17, 15) is 14.7 Å². The van der Waals surface area contributed by atoms with Gasteiger partial charge in [0.05, 0.1) is 11.8 Å². The van der Waals surface area contributed by atoms with E-state index in [1.165, 1.54) is 0 Å². The maximum atomic E-state index is 13.4. The molecule has 2 heterocycles. The van der Waals surface area contributed by atoms with Crippen LogP contribution < -0.4 is 15.5 Å². The van der Waals surface area contributed by atoms with E-state index in [1.807, 2.05) is 42.5 Å². The first-order valence-electron chi connectivity index (χ1n) is 13.8. The van der Waals surface area contributed by atoms with E-state index in [4.69, 9.17) is 4.98 Å². The summed E-state index contributed by atoms with van der Waals surface area (Å²) in [5, 5.41) is 19.6. The summed E-state index contributed by atoms with van der Waals surface area (Å²) in [4.78, 5) is 36.2. The maximum Gasteiger partial charge on any atom is 0.252 e. The molecule has 2 aromatic carbocycles. The van der Waals surface area contributed by atoms with Crippen molar-refractivity contribution in [1.82, 2.24) is 20.5 Å². The molecule has 39 heavy (non-hydrogen) atoms. The molecular weight excluding hydrogens is 510 g/mol. The van der Waals surface area contributed by atoms with Crippen LogP contribution in [0.5, 0.6) is 0 Å². The predicted molar refractivity (Wildman–Crippen MR) is 155 cm³/mol. The highest BCUT2D eigenvalue weighted by Crippen LogP contribution is 2.31. The number of benzene rings is 2. The third-order valence-electron chi connectivity index (χ3n) is 7.84. The van der Waals surface area contributed by atoms with E-state index in [-0.39, 0.29) is 18.4 Å². The fraction of sp³-hybridized carbons (Fsp3) is 0.433. The molecule has 1 saturated carbocycles. The molecule has 1 aliphatic carbocycles. The quantitative estimate of drug-likeness (QED) is 0.397. The molecule has 1 saturated heterocycles. The molecule has 206 valence electrons. The number of nitrogens with one attached hydrogen (secondary N) is 2. The summed E-state index contributed by atoms with van der Waals surface area (Å²) in [6, 6.07) is 16.7. The van der Waals surface area contributed by atoms with Gasteiger partial charge in [-0.2, -0.15) is 0 Å². The number of aliphatic hydroxyl groups is 1. The summed E-state index contributed by atoms with van der Waals surface area (Å²) >= 11 is 1.65. The number of piperazine rings is 1. The Bertz CT molecular complexity index is 1250. The molecule has 2 aliphatic rings. The minimum atomic E-state index is -0.975. The molecule has 0 radical (unpaired) electrons. The highest BCUT2D eigenvalue weighted by Gasteiger charge is 2.41. The van der Waals surface area contributed by atoms with Gasteiger partial charge in [-0.25, -0.2) is 4.98 Å². The topological polar surface area (TPSA) is 97.8 Å². The summed E-state index contributed by atoms with van der Waals surface area (Å²) < 4.78 is 0. The number of rotatable bonds is 8. The zero-order chi connectivity index (χ0) is 27.2. The molecule has 2 amide bonds. The highest BCUT2D eigenvalue weighted by atomic mass is 32.1. The second-order valence-corrected chi connectivity index (χ2v) is 11.5. The van der Waals surface area contributed by atoms with E-state index >= 15 is 0 Å². The highest BCUT2D eigenvalue weighted by molar-refractivity contribution is 7.14. The number of likely N-dealkylation sites (N-methyl/N-ethyl adjacent to an activating group) is 1. The van der Waals surface area contributed by atoms with Crippen LogP contribution in [0.1, 0.15) is 54.1 Å². The van der Waals surface area contributed by atoms with Crippen LogP contribution in [0.4, 0.5) is 5.13 Å². The van der Waals surface area contributed by atoms with Gasteiger partial charge < -0.3 is 25.5 Å². The van der Waals surface area contributed by atoms with E-state index in [1.54, 1.807) is 23.5 Å². The minimum absolute atomic E-state index is 0.0962. The molecule has 3 N–H and O–H groups in total. The molecule has 0 bridgehead atoms. The Morgan fingerprint density at radius 3 is 2.38 bits per heavy atom. The van der Waals surface area contributed by atoms with Crippen molar-refractivity contribution in [3.63, 3.8) is 0 Å². The number of carbonyl (C=O) groups is 2. The van der Waals surface area contributed by atoms with Gasteiger partial charge in [0, 0.05) is 49.2 Å². The van der Waals surface area contributed by atoms with Gasteiger partial charge in [-0.1, -0.05) is 61.7 Å². The third-order valence-corrected chi connectivity index (χ3v) is 8.75. The van der Waals surface area contributed by atoms with Crippen molar-refractivity contribution in [2.45, 2.75) is 43.7 Å². The lowest BCUT2D eigenvalue weighted by molar-refractivity contribution is -0.129. The van der Waals surface area contributed by atoms with Crippen molar-refractivity contribution in [2.75, 3.05) is 44.7 Å². The molecule has 1 aromatic heterocycles. The number of hydrogen-bond acceptors (Lipinski definition) is 7. The van der Waals surface area contributed by atoms with E-state index < -0.39 is 11.6 Å². The van der Waals surface area contributed by atoms with E-state index in [0.717, 1.165) is 67.4 Å². The Labute approximate surface area is 234 Å². The summed E-state index contributed by atoms with van der Waals surface area (Å²) in [6.45, 7) is 4.11. The second-order valence-electron chi connectivity index (χ2n) is 10.6. The molecule has 2 fully saturated rings. The third kappa shape index (κ3) is 6.49. The largest absolute Gasteiger partial charge is 0.387 e. The van der Waals surface area contributed by atoms with Crippen molar-refractivity contribution in [3.05, 3.63) is 71.1 Å². The van der Waals surface area contributed by atoms with Crippen LogP contribution in [0, 0.1) is 0 Å². The van der Waals surface area contributed by atoms with Gasteiger partial charge in [-0.05, 0) is 37.6 Å². The number of amides is 2. The number of aliphatic hydroxyl groups excluding tert-OH is 1. The summed E-state index contributed by atoms with van der Waals surface area (Å²) in [6.07, 6.45) is 3.13. The Morgan fingerprint density at radius 1 is 1.00 bits per heavy atom. The molecule has 9 heteroatoms. The molecule has 1 aliphatic heterocycles. The first kappa shape index (κ1) is 27.3.